The van der Waals surface area contributed by atoms with Gasteiger partial charge in [-0.2, -0.15) is 21.6 Å². The van der Waals surface area contributed by atoms with Crippen LogP contribution < -0.4 is 0 Å². The fourth-order valence-electron chi connectivity index (χ4n) is 1.61. The second-order valence-corrected chi connectivity index (χ2v) is 7.50. The van der Waals surface area contributed by atoms with E-state index in [0.29, 0.717) is 0 Å². The van der Waals surface area contributed by atoms with Gasteiger partial charge in [0, 0.05) is 6.54 Å². The molecule has 0 radical (unpaired) electrons. The second kappa shape index (κ2) is 5.98. The summed E-state index contributed by atoms with van der Waals surface area (Å²) in [6, 6.07) is 0. The van der Waals surface area contributed by atoms with Crippen molar-refractivity contribution >= 4 is 16.2 Å². The van der Waals surface area contributed by atoms with Crippen LogP contribution in [-0.2, 0) is 19.0 Å². The molecule has 0 N–H and O–H groups in total. The van der Waals surface area contributed by atoms with Gasteiger partial charge in [0.05, 0.1) is 0 Å². The minimum Gasteiger partial charge on any atom is -0.443 e. The molecule has 0 spiro atoms. The average Bonchev–Trinajstić information content (AvgIpc) is 2.27. The molecule has 0 aliphatic carbocycles. The number of hydrogen-bond donors (Lipinski definition) is 0. The highest BCUT2D eigenvalue weighted by molar-refractivity contribution is 7.87. The summed E-state index contributed by atoms with van der Waals surface area (Å²) in [5.74, 6) is -0.766. The molecule has 0 unspecified atom stereocenters. The maximum Gasteiger partial charge on any atom is 0.534 e. The quantitative estimate of drug-likeness (QED) is 0.568. The highest BCUT2D eigenvalue weighted by Crippen LogP contribution is 2.30. The SMILES string of the molecule is C[C@H]1CC=C(OS(=O)(=O)C(F)(F)F)N(C(=O)OC(C)(C)C)C1. The van der Waals surface area contributed by atoms with E-state index < -0.39 is 33.2 Å². The zero-order valence-electron chi connectivity index (χ0n) is 12.6. The smallest absolute Gasteiger partial charge is 0.443 e. The fraction of sp³-hybridized carbons (Fsp3) is 0.750. The van der Waals surface area contributed by atoms with Crippen LogP contribution in [0.25, 0.3) is 0 Å². The minimum atomic E-state index is -5.84. The van der Waals surface area contributed by atoms with Gasteiger partial charge < -0.3 is 8.92 Å². The lowest BCUT2D eigenvalue weighted by Crippen LogP contribution is -2.42. The van der Waals surface area contributed by atoms with Crippen LogP contribution in [0.2, 0.25) is 0 Å². The van der Waals surface area contributed by atoms with Crippen LogP contribution in [0.1, 0.15) is 34.1 Å². The van der Waals surface area contributed by atoms with Crippen LogP contribution in [0.4, 0.5) is 18.0 Å². The molecule has 1 aliphatic heterocycles. The fourth-order valence-corrected chi connectivity index (χ4v) is 2.09. The molecule has 128 valence electrons. The summed E-state index contributed by atoms with van der Waals surface area (Å²) < 4.78 is 68.5. The van der Waals surface area contributed by atoms with E-state index in [-0.39, 0.29) is 18.9 Å². The maximum atomic E-state index is 12.4. The van der Waals surface area contributed by atoms with Crippen LogP contribution >= 0.6 is 0 Å². The number of amides is 1. The minimum absolute atomic E-state index is 0.00583. The van der Waals surface area contributed by atoms with E-state index in [2.05, 4.69) is 4.18 Å². The lowest BCUT2D eigenvalue weighted by Gasteiger charge is -2.32. The van der Waals surface area contributed by atoms with Gasteiger partial charge in [-0.3, -0.25) is 0 Å². The average molecular weight is 345 g/mol. The first-order chi connectivity index (χ1) is 9.73. The molecule has 0 aromatic rings. The normalized spacial score (nSPS) is 20.4. The predicted molar refractivity (Wildman–Crippen MR) is 70.9 cm³/mol. The largest absolute Gasteiger partial charge is 0.534 e. The van der Waals surface area contributed by atoms with E-state index in [4.69, 9.17) is 4.74 Å². The number of ether oxygens (including phenoxy) is 1. The summed E-state index contributed by atoms with van der Waals surface area (Å²) >= 11 is 0. The van der Waals surface area contributed by atoms with Gasteiger partial charge in [0.15, 0.2) is 0 Å². The van der Waals surface area contributed by atoms with Crippen LogP contribution in [0.5, 0.6) is 0 Å². The molecule has 0 fully saturated rings. The summed E-state index contributed by atoms with van der Waals surface area (Å²) in [6.45, 7) is 6.48. The first-order valence-electron chi connectivity index (χ1n) is 6.44. The highest BCUT2D eigenvalue weighted by Gasteiger charge is 2.50. The van der Waals surface area contributed by atoms with Crippen molar-refractivity contribution in [2.45, 2.75) is 45.2 Å². The predicted octanol–water partition coefficient (Wildman–Crippen LogP) is 2.97. The zero-order valence-corrected chi connectivity index (χ0v) is 13.4. The first kappa shape index (κ1) is 18.6. The Labute approximate surface area is 127 Å². The Morgan fingerprint density at radius 1 is 1.32 bits per heavy atom. The lowest BCUT2D eigenvalue weighted by molar-refractivity contribution is -0.0545. The molecule has 0 saturated heterocycles. The van der Waals surface area contributed by atoms with Gasteiger partial charge >= 0.3 is 21.7 Å². The van der Waals surface area contributed by atoms with Crippen molar-refractivity contribution in [2.24, 2.45) is 5.92 Å². The molecule has 1 atom stereocenters. The Balaban J connectivity index is 3.02. The molecule has 1 heterocycles. The molecular weight excluding hydrogens is 327 g/mol. The Bertz CT molecular complexity index is 562. The zero-order chi connectivity index (χ0) is 17.3. The van der Waals surface area contributed by atoms with E-state index >= 15 is 0 Å². The third-order valence-corrected chi connectivity index (χ3v) is 3.50. The third kappa shape index (κ3) is 4.79. The number of carbonyl (C=O) groups is 1. The van der Waals surface area contributed by atoms with Crippen molar-refractivity contribution in [1.82, 2.24) is 4.90 Å². The number of allylic oxidation sites excluding steroid dienone is 1. The lowest BCUT2D eigenvalue weighted by atomic mass is 10.0. The highest BCUT2D eigenvalue weighted by atomic mass is 32.2. The first-order valence-corrected chi connectivity index (χ1v) is 7.85. The van der Waals surface area contributed by atoms with Gasteiger partial charge in [-0.1, -0.05) is 6.92 Å². The van der Waals surface area contributed by atoms with E-state index in [0.717, 1.165) is 11.0 Å². The maximum absolute atomic E-state index is 12.4. The van der Waals surface area contributed by atoms with Crippen molar-refractivity contribution in [2.75, 3.05) is 6.54 Å². The molecule has 0 aromatic heterocycles. The summed E-state index contributed by atoms with van der Waals surface area (Å²) in [5, 5.41) is 0. The Kier molecular flexibility index (Phi) is 5.05. The number of nitrogens with zero attached hydrogens (tertiary/aromatic N) is 1. The molecule has 0 bridgehead atoms. The summed E-state index contributed by atoms with van der Waals surface area (Å²) in [5.41, 5.74) is -6.46. The topological polar surface area (TPSA) is 72.9 Å². The standard InChI is InChI=1S/C12H18F3NO5S/c1-8-5-6-9(21-22(18,19)12(13,14)15)16(7-8)10(17)20-11(2,3)4/h6,8H,5,7H2,1-4H3/t8-/m0/s1. The van der Waals surface area contributed by atoms with Gasteiger partial charge in [0.25, 0.3) is 0 Å². The van der Waals surface area contributed by atoms with Crippen molar-refractivity contribution in [3.63, 3.8) is 0 Å². The van der Waals surface area contributed by atoms with E-state index in [9.17, 15) is 26.4 Å². The number of hydrogen-bond acceptors (Lipinski definition) is 5. The molecule has 10 heteroatoms. The van der Waals surface area contributed by atoms with Gasteiger partial charge in [-0.15, -0.1) is 0 Å². The summed E-state index contributed by atoms with van der Waals surface area (Å²) in [4.78, 5) is 12.8. The number of carbonyl (C=O) groups excluding carboxylic acids is 1. The second-order valence-electron chi connectivity index (χ2n) is 5.96. The van der Waals surface area contributed by atoms with Gasteiger partial charge in [0.2, 0.25) is 5.88 Å². The number of alkyl halides is 3. The van der Waals surface area contributed by atoms with Gasteiger partial charge in [0.1, 0.15) is 5.60 Å². The summed E-state index contributed by atoms with van der Waals surface area (Å²) in [6.07, 6.45) is 0.436. The molecular formula is C12H18F3NO5S. The molecule has 0 saturated carbocycles. The van der Waals surface area contributed by atoms with Crippen molar-refractivity contribution < 1.29 is 35.3 Å². The number of halogens is 3. The molecule has 6 nitrogen and oxygen atoms in total. The van der Waals surface area contributed by atoms with Crippen molar-refractivity contribution in [1.29, 1.82) is 0 Å². The van der Waals surface area contributed by atoms with Crippen molar-refractivity contribution in [3.05, 3.63) is 12.0 Å². The Morgan fingerprint density at radius 3 is 2.32 bits per heavy atom. The van der Waals surface area contributed by atoms with Gasteiger partial charge in [-0.05, 0) is 39.2 Å². The van der Waals surface area contributed by atoms with Crippen LogP contribution in [-0.4, -0.2) is 37.1 Å². The monoisotopic (exact) mass is 345 g/mol. The molecule has 1 aliphatic rings. The molecule has 0 aromatic carbocycles. The van der Waals surface area contributed by atoms with Gasteiger partial charge in [-0.25, -0.2) is 9.69 Å². The van der Waals surface area contributed by atoms with Crippen LogP contribution in [0.15, 0.2) is 12.0 Å². The van der Waals surface area contributed by atoms with Crippen LogP contribution in [0, 0.1) is 5.92 Å². The molecule has 22 heavy (non-hydrogen) atoms. The Hall–Kier alpha value is -1.45. The van der Waals surface area contributed by atoms with Crippen LogP contribution in [0.3, 0.4) is 0 Å². The van der Waals surface area contributed by atoms with E-state index in [1.165, 1.54) is 0 Å². The van der Waals surface area contributed by atoms with E-state index in [1.54, 1.807) is 27.7 Å². The Morgan fingerprint density at radius 2 is 1.86 bits per heavy atom. The molecule has 1 amide bonds. The number of rotatable bonds is 2. The molecule has 1 rings (SSSR count). The summed E-state index contributed by atoms with van der Waals surface area (Å²) in [7, 11) is -5.84. The third-order valence-electron chi connectivity index (χ3n) is 2.55. The van der Waals surface area contributed by atoms with E-state index in [1.807, 2.05) is 0 Å². The van der Waals surface area contributed by atoms with Crippen molar-refractivity contribution in [3.8, 4) is 0 Å².